The summed E-state index contributed by atoms with van der Waals surface area (Å²) in [5, 5.41) is 7.96. The van der Waals surface area contributed by atoms with E-state index < -0.39 is 0 Å². The van der Waals surface area contributed by atoms with E-state index in [-0.39, 0.29) is 0 Å². The zero-order valence-electron chi connectivity index (χ0n) is 10.3. The van der Waals surface area contributed by atoms with Crippen LogP contribution in [0.5, 0.6) is 5.75 Å². The Morgan fingerprint density at radius 2 is 2.05 bits per heavy atom. The second-order valence-electron chi connectivity index (χ2n) is 3.86. The number of thioether (sulfide) groups is 1. The van der Waals surface area contributed by atoms with Crippen LogP contribution in [0, 0.1) is 0 Å². The number of nitrogens with one attached hydrogen (secondary N) is 1. The van der Waals surface area contributed by atoms with Gasteiger partial charge in [0.15, 0.2) is 0 Å². The van der Waals surface area contributed by atoms with Crippen LogP contribution in [0.2, 0.25) is 5.02 Å². The molecule has 2 rings (SSSR count). The Bertz CT molecular complexity index is 503. The van der Waals surface area contributed by atoms with E-state index in [1.165, 1.54) is 0 Å². The molecule has 0 saturated carbocycles. The number of ether oxygens (including phenoxy) is 1. The van der Waals surface area contributed by atoms with Crippen molar-refractivity contribution in [3.63, 3.8) is 0 Å². The molecule has 0 aliphatic heterocycles. The molecule has 0 fully saturated rings. The Balaban J connectivity index is 1.56. The average molecular weight is 299 g/mol. The first kappa shape index (κ1) is 14.0. The van der Waals surface area contributed by atoms with Crippen LogP contribution in [0.25, 0.3) is 0 Å². The fourth-order valence-electron chi connectivity index (χ4n) is 1.41. The molecule has 0 saturated heterocycles. The molecule has 102 valence electrons. The first-order valence-corrected chi connectivity index (χ1v) is 7.29. The van der Waals surface area contributed by atoms with Gasteiger partial charge in [-0.25, -0.2) is 5.10 Å². The highest BCUT2D eigenvalue weighted by Gasteiger charge is 2.00. The van der Waals surface area contributed by atoms with Crippen LogP contribution in [0.4, 0.5) is 5.95 Å². The number of hydrogen-bond donors (Lipinski definition) is 2. The molecular formula is C12H15ClN4OS. The number of nitrogens with two attached hydrogens (primary N) is 1. The zero-order chi connectivity index (χ0) is 13.5. The number of nitrogens with zero attached hydrogens (tertiary/aromatic N) is 2. The first-order chi connectivity index (χ1) is 9.24. The Morgan fingerprint density at radius 3 is 2.74 bits per heavy atom. The summed E-state index contributed by atoms with van der Waals surface area (Å²) in [5.74, 6) is 2.15. The summed E-state index contributed by atoms with van der Waals surface area (Å²) in [6.45, 7) is 0.693. The van der Waals surface area contributed by atoms with E-state index in [0.717, 1.165) is 29.4 Å². The molecule has 0 aliphatic rings. The average Bonchev–Trinajstić information content (AvgIpc) is 2.81. The second-order valence-corrected chi connectivity index (χ2v) is 5.36. The fraction of sp³-hybridized carbons (Fsp3) is 0.333. The molecule has 5 nitrogen and oxygen atoms in total. The highest BCUT2D eigenvalue weighted by Crippen LogP contribution is 2.17. The summed E-state index contributed by atoms with van der Waals surface area (Å²) < 4.78 is 5.59. The third kappa shape index (κ3) is 5.00. The second kappa shape index (κ2) is 7.25. The van der Waals surface area contributed by atoms with Crippen molar-refractivity contribution < 1.29 is 4.74 Å². The van der Waals surface area contributed by atoms with Gasteiger partial charge in [-0.1, -0.05) is 23.4 Å². The minimum absolute atomic E-state index is 0.355. The summed E-state index contributed by atoms with van der Waals surface area (Å²) in [7, 11) is 0. The van der Waals surface area contributed by atoms with Gasteiger partial charge >= 0.3 is 0 Å². The van der Waals surface area contributed by atoms with Gasteiger partial charge in [-0.15, -0.1) is 5.10 Å². The van der Waals surface area contributed by atoms with E-state index in [1.54, 1.807) is 11.8 Å². The lowest BCUT2D eigenvalue weighted by molar-refractivity contribution is 0.310. The number of nitrogen functional groups attached to an aromatic ring is 1. The van der Waals surface area contributed by atoms with Gasteiger partial charge in [0.2, 0.25) is 11.1 Å². The van der Waals surface area contributed by atoms with Crippen molar-refractivity contribution in [3.05, 3.63) is 29.3 Å². The van der Waals surface area contributed by atoms with Crippen LogP contribution in [-0.2, 0) is 0 Å². The normalized spacial score (nSPS) is 10.6. The quantitative estimate of drug-likeness (QED) is 0.607. The largest absolute Gasteiger partial charge is 0.494 e. The third-order valence-corrected chi connectivity index (χ3v) is 3.52. The van der Waals surface area contributed by atoms with Crippen molar-refractivity contribution in [1.29, 1.82) is 0 Å². The fourth-order valence-corrected chi connectivity index (χ4v) is 2.34. The Labute approximate surface area is 120 Å². The summed E-state index contributed by atoms with van der Waals surface area (Å²) in [5.41, 5.74) is 5.43. The molecule has 1 aromatic carbocycles. The lowest BCUT2D eigenvalue weighted by Crippen LogP contribution is -1.97. The molecule has 0 radical (unpaired) electrons. The monoisotopic (exact) mass is 298 g/mol. The number of anilines is 1. The van der Waals surface area contributed by atoms with Gasteiger partial charge in [-0.05, 0) is 37.1 Å². The van der Waals surface area contributed by atoms with Gasteiger partial charge < -0.3 is 10.5 Å². The SMILES string of the molecule is Nc1nc(SCCCCOc2ccc(Cl)cc2)n[nH]1. The molecule has 7 heteroatoms. The number of aromatic amines is 1. The van der Waals surface area contributed by atoms with Crippen molar-refractivity contribution in [2.24, 2.45) is 0 Å². The van der Waals surface area contributed by atoms with Crippen molar-refractivity contribution in [1.82, 2.24) is 15.2 Å². The highest BCUT2D eigenvalue weighted by atomic mass is 35.5. The molecule has 0 unspecified atom stereocenters. The number of aromatic nitrogens is 3. The van der Waals surface area contributed by atoms with Crippen LogP contribution in [0.3, 0.4) is 0 Å². The number of unbranched alkanes of at least 4 members (excludes halogenated alkanes) is 1. The maximum absolute atomic E-state index is 5.79. The molecule has 0 amide bonds. The summed E-state index contributed by atoms with van der Waals surface area (Å²) in [4.78, 5) is 4.01. The van der Waals surface area contributed by atoms with E-state index in [9.17, 15) is 0 Å². The number of benzene rings is 1. The highest BCUT2D eigenvalue weighted by molar-refractivity contribution is 7.99. The molecule has 1 heterocycles. The molecule has 19 heavy (non-hydrogen) atoms. The summed E-state index contributed by atoms with van der Waals surface area (Å²) in [6.07, 6.45) is 2.02. The van der Waals surface area contributed by atoms with Crippen LogP contribution in [0.1, 0.15) is 12.8 Å². The van der Waals surface area contributed by atoms with Gasteiger partial charge in [-0.2, -0.15) is 4.98 Å². The smallest absolute Gasteiger partial charge is 0.216 e. The maximum atomic E-state index is 5.79. The molecule has 0 aliphatic carbocycles. The maximum Gasteiger partial charge on any atom is 0.216 e. The first-order valence-electron chi connectivity index (χ1n) is 5.93. The van der Waals surface area contributed by atoms with E-state index >= 15 is 0 Å². The third-order valence-electron chi connectivity index (χ3n) is 2.33. The lowest BCUT2D eigenvalue weighted by atomic mass is 10.3. The van der Waals surface area contributed by atoms with Crippen LogP contribution >= 0.6 is 23.4 Å². The van der Waals surface area contributed by atoms with Gasteiger partial charge in [0.05, 0.1) is 6.61 Å². The van der Waals surface area contributed by atoms with Gasteiger partial charge in [0.25, 0.3) is 0 Å². The van der Waals surface area contributed by atoms with E-state index in [1.807, 2.05) is 24.3 Å². The van der Waals surface area contributed by atoms with Crippen molar-refractivity contribution >= 4 is 29.3 Å². The summed E-state index contributed by atoms with van der Waals surface area (Å²) in [6, 6.07) is 7.38. The lowest BCUT2D eigenvalue weighted by Gasteiger charge is -2.05. The minimum atomic E-state index is 0.355. The number of hydrogen-bond acceptors (Lipinski definition) is 5. The van der Waals surface area contributed by atoms with Crippen molar-refractivity contribution in [2.75, 3.05) is 18.1 Å². The Hall–Kier alpha value is -1.40. The van der Waals surface area contributed by atoms with Crippen LogP contribution < -0.4 is 10.5 Å². The number of halogens is 1. The molecular weight excluding hydrogens is 284 g/mol. The van der Waals surface area contributed by atoms with E-state index in [0.29, 0.717) is 17.7 Å². The van der Waals surface area contributed by atoms with Crippen molar-refractivity contribution in [2.45, 2.75) is 18.0 Å². The Kier molecular flexibility index (Phi) is 5.35. The molecule has 0 atom stereocenters. The van der Waals surface area contributed by atoms with Crippen LogP contribution in [-0.4, -0.2) is 27.5 Å². The minimum Gasteiger partial charge on any atom is -0.494 e. The van der Waals surface area contributed by atoms with E-state index in [4.69, 9.17) is 22.1 Å². The van der Waals surface area contributed by atoms with Gasteiger partial charge in [0.1, 0.15) is 5.75 Å². The molecule has 3 N–H and O–H groups in total. The predicted octanol–water partition coefficient (Wildman–Crippen LogP) is 2.99. The van der Waals surface area contributed by atoms with Gasteiger partial charge in [0, 0.05) is 10.8 Å². The Morgan fingerprint density at radius 1 is 1.26 bits per heavy atom. The zero-order valence-corrected chi connectivity index (χ0v) is 11.9. The number of rotatable bonds is 7. The van der Waals surface area contributed by atoms with Crippen LogP contribution in [0.15, 0.2) is 29.4 Å². The van der Waals surface area contributed by atoms with Crippen molar-refractivity contribution in [3.8, 4) is 5.75 Å². The topological polar surface area (TPSA) is 76.8 Å². The summed E-state index contributed by atoms with van der Waals surface area (Å²) >= 11 is 7.38. The van der Waals surface area contributed by atoms with E-state index in [2.05, 4.69) is 15.2 Å². The van der Waals surface area contributed by atoms with Gasteiger partial charge in [-0.3, -0.25) is 0 Å². The molecule has 0 bridgehead atoms. The predicted molar refractivity (Wildman–Crippen MR) is 77.7 cm³/mol. The standard InChI is InChI=1S/C12H15ClN4OS/c13-9-3-5-10(6-4-9)18-7-1-2-8-19-12-15-11(14)16-17-12/h3-6H,1-2,7-8H2,(H3,14,15,16,17). The molecule has 1 aromatic heterocycles. The molecule has 0 spiro atoms. The molecule has 2 aromatic rings. The number of H-pyrrole nitrogens is 1.